The smallest absolute Gasteiger partial charge is 0.203 e. The Labute approximate surface area is 180 Å². The maximum absolute atomic E-state index is 11.1. The lowest BCUT2D eigenvalue weighted by Gasteiger charge is -2.25. The van der Waals surface area contributed by atoms with Crippen LogP contribution < -0.4 is 19.5 Å². The average molecular weight is 417 g/mol. The van der Waals surface area contributed by atoms with Crippen LogP contribution in [-0.4, -0.2) is 36.4 Å². The Morgan fingerprint density at radius 1 is 0.774 bits per heavy atom. The van der Waals surface area contributed by atoms with E-state index in [4.69, 9.17) is 14.2 Å². The molecule has 0 saturated heterocycles. The van der Waals surface area contributed by atoms with Crippen molar-refractivity contribution >= 4 is 16.7 Å². The largest absolute Gasteiger partial charge is 0.505 e. The van der Waals surface area contributed by atoms with Gasteiger partial charge in [-0.2, -0.15) is 0 Å². The minimum Gasteiger partial charge on any atom is -0.505 e. The van der Waals surface area contributed by atoms with Gasteiger partial charge in [-0.15, -0.1) is 0 Å². The number of anilines is 1. The van der Waals surface area contributed by atoms with Crippen LogP contribution in [0.3, 0.4) is 0 Å². The highest BCUT2D eigenvalue weighted by atomic mass is 16.5. The van der Waals surface area contributed by atoms with Crippen molar-refractivity contribution in [2.24, 2.45) is 0 Å². The molecule has 2 heterocycles. The fraction of sp³-hybridized carbons (Fsp3) is 0.167. The third-order valence-corrected chi connectivity index (χ3v) is 5.09. The Morgan fingerprint density at radius 3 is 2.26 bits per heavy atom. The Balaban J connectivity index is 1.94. The van der Waals surface area contributed by atoms with E-state index in [1.807, 2.05) is 48.5 Å². The van der Waals surface area contributed by atoms with E-state index in [1.54, 1.807) is 39.8 Å². The fourth-order valence-electron chi connectivity index (χ4n) is 3.65. The van der Waals surface area contributed by atoms with Gasteiger partial charge in [-0.3, -0.25) is 4.98 Å². The van der Waals surface area contributed by atoms with Crippen molar-refractivity contribution in [1.82, 2.24) is 9.97 Å². The number of pyridine rings is 2. The van der Waals surface area contributed by atoms with Crippen LogP contribution in [0.2, 0.25) is 0 Å². The molecule has 0 radical (unpaired) electrons. The highest BCUT2D eigenvalue weighted by Crippen LogP contribution is 2.46. The third kappa shape index (κ3) is 3.77. The molecular weight excluding hydrogens is 394 g/mol. The molecule has 0 saturated carbocycles. The number of methoxy groups -OCH3 is 3. The molecule has 0 spiro atoms. The van der Waals surface area contributed by atoms with Gasteiger partial charge in [-0.1, -0.05) is 24.3 Å². The Bertz CT molecular complexity index is 1200. The molecular formula is C24H23N3O4. The third-order valence-electron chi connectivity index (χ3n) is 5.09. The zero-order valence-electron chi connectivity index (χ0n) is 17.5. The Kier molecular flexibility index (Phi) is 5.75. The molecule has 0 aliphatic rings. The van der Waals surface area contributed by atoms with Crippen molar-refractivity contribution in [3.63, 3.8) is 0 Å². The standard InChI is InChI=1S/C24H23N3O4/c1-29-18-12-11-17(23(30-2)24(18)31-3)21(27-19-8-4-5-13-25-19)16-10-9-15-7-6-14-26-20(15)22(16)28/h4-14,21,28H,1-3H3,(H,25,27). The molecule has 4 aromatic rings. The van der Waals surface area contributed by atoms with Crippen LogP contribution in [0.4, 0.5) is 5.82 Å². The van der Waals surface area contributed by atoms with Gasteiger partial charge >= 0.3 is 0 Å². The number of aromatic hydroxyl groups is 1. The van der Waals surface area contributed by atoms with Gasteiger partial charge in [0, 0.05) is 28.9 Å². The molecule has 0 fully saturated rings. The van der Waals surface area contributed by atoms with Crippen LogP contribution in [0, 0.1) is 0 Å². The van der Waals surface area contributed by atoms with Crippen LogP contribution in [0.15, 0.2) is 67.0 Å². The van der Waals surface area contributed by atoms with Gasteiger partial charge in [0.25, 0.3) is 0 Å². The molecule has 0 bridgehead atoms. The number of nitrogens with zero attached hydrogens (tertiary/aromatic N) is 2. The van der Waals surface area contributed by atoms with Crippen LogP contribution in [-0.2, 0) is 0 Å². The first-order valence-corrected chi connectivity index (χ1v) is 9.71. The summed E-state index contributed by atoms with van der Waals surface area (Å²) in [4.78, 5) is 8.75. The predicted octanol–water partition coefficient (Wildman–Crippen LogP) is 4.56. The van der Waals surface area contributed by atoms with E-state index < -0.39 is 6.04 Å². The molecule has 4 rings (SSSR count). The van der Waals surface area contributed by atoms with Crippen LogP contribution in [0.25, 0.3) is 10.9 Å². The van der Waals surface area contributed by atoms with Crippen LogP contribution >= 0.6 is 0 Å². The first-order chi connectivity index (χ1) is 15.2. The summed E-state index contributed by atoms with van der Waals surface area (Å²) in [5.41, 5.74) is 1.89. The second-order valence-corrected chi connectivity index (χ2v) is 6.79. The monoisotopic (exact) mass is 417 g/mol. The number of aromatic nitrogens is 2. The molecule has 2 aromatic heterocycles. The maximum atomic E-state index is 11.1. The lowest BCUT2D eigenvalue weighted by atomic mass is 9.95. The summed E-state index contributed by atoms with van der Waals surface area (Å²) < 4.78 is 16.7. The molecule has 0 aliphatic heterocycles. The first kappa shape index (κ1) is 20.3. The van der Waals surface area contributed by atoms with E-state index in [0.29, 0.717) is 34.1 Å². The number of phenols is 1. The summed E-state index contributed by atoms with van der Waals surface area (Å²) in [7, 11) is 4.70. The number of phenolic OH excluding ortho intramolecular Hbond substituents is 1. The number of nitrogens with one attached hydrogen (secondary N) is 1. The second kappa shape index (κ2) is 8.79. The molecule has 2 aromatic carbocycles. The quantitative estimate of drug-likeness (QED) is 0.456. The van der Waals surface area contributed by atoms with Crippen molar-refractivity contribution in [3.05, 3.63) is 78.1 Å². The minimum atomic E-state index is -0.504. The molecule has 1 unspecified atom stereocenters. The molecule has 7 heteroatoms. The van der Waals surface area contributed by atoms with Crippen LogP contribution in [0.5, 0.6) is 23.0 Å². The van der Waals surface area contributed by atoms with Gasteiger partial charge < -0.3 is 24.6 Å². The molecule has 2 N–H and O–H groups in total. The summed E-state index contributed by atoms with van der Waals surface area (Å²) >= 11 is 0. The van der Waals surface area contributed by atoms with Gasteiger partial charge in [0.15, 0.2) is 11.5 Å². The summed E-state index contributed by atoms with van der Waals surface area (Å²) in [5.74, 6) is 2.24. The van der Waals surface area contributed by atoms with Crippen molar-refractivity contribution in [3.8, 4) is 23.0 Å². The van der Waals surface area contributed by atoms with Crippen molar-refractivity contribution < 1.29 is 19.3 Å². The molecule has 0 amide bonds. The van der Waals surface area contributed by atoms with E-state index in [2.05, 4.69) is 15.3 Å². The van der Waals surface area contributed by atoms with Crippen molar-refractivity contribution in [2.75, 3.05) is 26.6 Å². The first-order valence-electron chi connectivity index (χ1n) is 9.71. The number of rotatable bonds is 7. The Hall–Kier alpha value is -4.00. The maximum Gasteiger partial charge on any atom is 0.203 e. The number of fused-ring (bicyclic) bond motifs is 1. The summed E-state index contributed by atoms with van der Waals surface area (Å²) in [6, 6.07) is 16.3. The normalized spacial score (nSPS) is 11.7. The zero-order chi connectivity index (χ0) is 21.8. The molecule has 7 nitrogen and oxygen atoms in total. The van der Waals surface area contributed by atoms with E-state index >= 15 is 0 Å². The fourth-order valence-corrected chi connectivity index (χ4v) is 3.65. The molecule has 158 valence electrons. The summed E-state index contributed by atoms with van der Waals surface area (Å²) in [5, 5.41) is 15.4. The Morgan fingerprint density at radius 2 is 1.55 bits per heavy atom. The van der Waals surface area contributed by atoms with E-state index in [1.165, 1.54) is 0 Å². The average Bonchev–Trinajstić information content (AvgIpc) is 2.83. The van der Waals surface area contributed by atoms with Gasteiger partial charge in [0.05, 0.1) is 27.4 Å². The lowest BCUT2D eigenvalue weighted by Crippen LogP contribution is -2.15. The summed E-state index contributed by atoms with van der Waals surface area (Å²) in [6.45, 7) is 0. The topological polar surface area (TPSA) is 85.7 Å². The van der Waals surface area contributed by atoms with Crippen molar-refractivity contribution in [2.45, 2.75) is 6.04 Å². The van der Waals surface area contributed by atoms with Crippen molar-refractivity contribution in [1.29, 1.82) is 0 Å². The van der Waals surface area contributed by atoms with Gasteiger partial charge in [0.2, 0.25) is 5.75 Å². The van der Waals surface area contributed by atoms with Gasteiger partial charge in [0.1, 0.15) is 17.1 Å². The number of hydrogen-bond donors (Lipinski definition) is 2. The predicted molar refractivity (Wildman–Crippen MR) is 119 cm³/mol. The van der Waals surface area contributed by atoms with Gasteiger partial charge in [-0.05, 0) is 30.3 Å². The van der Waals surface area contributed by atoms with E-state index in [-0.39, 0.29) is 5.75 Å². The number of ether oxygens (including phenoxy) is 3. The summed E-state index contributed by atoms with van der Waals surface area (Å²) in [6.07, 6.45) is 3.36. The highest BCUT2D eigenvalue weighted by Gasteiger charge is 2.27. The molecule has 31 heavy (non-hydrogen) atoms. The van der Waals surface area contributed by atoms with E-state index in [9.17, 15) is 5.11 Å². The van der Waals surface area contributed by atoms with E-state index in [0.717, 1.165) is 10.9 Å². The van der Waals surface area contributed by atoms with Gasteiger partial charge in [-0.25, -0.2) is 4.98 Å². The lowest BCUT2D eigenvalue weighted by molar-refractivity contribution is 0.321. The highest BCUT2D eigenvalue weighted by molar-refractivity contribution is 5.86. The number of hydrogen-bond acceptors (Lipinski definition) is 7. The zero-order valence-corrected chi connectivity index (χ0v) is 17.5. The molecule has 1 atom stereocenters. The second-order valence-electron chi connectivity index (χ2n) is 6.79. The minimum absolute atomic E-state index is 0.0865. The van der Waals surface area contributed by atoms with Crippen LogP contribution in [0.1, 0.15) is 17.2 Å². The number of benzene rings is 2. The molecule has 0 aliphatic carbocycles. The SMILES string of the molecule is COc1ccc(C(Nc2ccccn2)c2ccc3cccnc3c2O)c(OC)c1OC.